The van der Waals surface area contributed by atoms with Crippen LogP contribution in [0.25, 0.3) is 76.8 Å². The van der Waals surface area contributed by atoms with Crippen LogP contribution in [0.4, 0.5) is 17.1 Å². The van der Waals surface area contributed by atoms with E-state index in [1.165, 1.54) is 88.0 Å². The van der Waals surface area contributed by atoms with E-state index in [1.807, 2.05) is 0 Å². The Bertz CT molecular complexity index is 3190. The molecule has 0 unspecified atom stereocenters. The molecule has 10 aromatic rings. The van der Waals surface area contributed by atoms with Crippen LogP contribution >= 0.6 is 0 Å². The molecule has 0 aliphatic heterocycles. The molecule has 0 fully saturated rings. The van der Waals surface area contributed by atoms with Crippen LogP contribution in [0.5, 0.6) is 0 Å². The third kappa shape index (κ3) is 5.54. The van der Waals surface area contributed by atoms with E-state index in [-0.39, 0.29) is 5.41 Å². The lowest BCUT2D eigenvalue weighted by molar-refractivity contribution is 0.660. The van der Waals surface area contributed by atoms with Crippen molar-refractivity contribution in [2.45, 2.75) is 19.3 Å². The average molecular weight is 740 g/mol. The molecular weight excluding hydrogens is 699 g/mol. The third-order valence-corrected chi connectivity index (χ3v) is 12.5. The topological polar surface area (TPSA) is 3.24 Å². The average Bonchev–Trinajstić information content (AvgIpc) is 3.51. The Kier molecular flexibility index (Phi) is 7.91. The van der Waals surface area contributed by atoms with Crippen molar-refractivity contribution in [1.29, 1.82) is 0 Å². The standard InChI is InChI=1S/C57H41N/c1-57(2)54-24-10-9-21-51(54)52-34-32-46(37-55(52)57)58(45-30-27-39(28-31-45)43-26-25-38-13-3-4-16-42(38)35-43)56-36-44(49-22-11-17-40-14-5-7-19-47(40)49)29-33-53(56)50-23-12-18-41-15-6-8-20-48(41)50/h3-37H,1-2H3. The van der Waals surface area contributed by atoms with Crippen molar-refractivity contribution in [3.63, 3.8) is 0 Å². The Morgan fingerprint density at radius 2 is 0.845 bits per heavy atom. The zero-order chi connectivity index (χ0) is 38.8. The van der Waals surface area contributed by atoms with E-state index in [0.717, 1.165) is 17.1 Å². The monoisotopic (exact) mass is 739 g/mol. The predicted octanol–water partition coefficient (Wildman–Crippen LogP) is 15.9. The van der Waals surface area contributed by atoms with Gasteiger partial charge in [-0.1, -0.05) is 190 Å². The first-order valence-electron chi connectivity index (χ1n) is 20.3. The van der Waals surface area contributed by atoms with Gasteiger partial charge >= 0.3 is 0 Å². The number of anilines is 3. The second-order valence-electron chi connectivity index (χ2n) is 16.1. The van der Waals surface area contributed by atoms with Crippen molar-refractivity contribution in [2.24, 2.45) is 0 Å². The summed E-state index contributed by atoms with van der Waals surface area (Å²) in [5, 5.41) is 7.45. The van der Waals surface area contributed by atoms with Gasteiger partial charge in [-0.15, -0.1) is 0 Å². The van der Waals surface area contributed by atoms with Gasteiger partial charge in [-0.05, 0) is 119 Å². The van der Waals surface area contributed by atoms with Gasteiger partial charge < -0.3 is 4.90 Å². The molecule has 10 aromatic carbocycles. The van der Waals surface area contributed by atoms with Gasteiger partial charge in [0.15, 0.2) is 0 Å². The largest absolute Gasteiger partial charge is 0.310 e. The molecule has 58 heavy (non-hydrogen) atoms. The second-order valence-corrected chi connectivity index (χ2v) is 16.1. The van der Waals surface area contributed by atoms with Crippen LogP contribution in [-0.2, 0) is 5.41 Å². The lowest BCUT2D eigenvalue weighted by atomic mass is 9.82. The number of rotatable bonds is 6. The highest BCUT2D eigenvalue weighted by atomic mass is 15.1. The lowest BCUT2D eigenvalue weighted by Gasteiger charge is -2.30. The van der Waals surface area contributed by atoms with Gasteiger partial charge in [-0.3, -0.25) is 0 Å². The third-order valence-electron chi connectivity index (χ3n) is 12.5. The minimum absolute atomic E-state index is 0.142. The molecule has 0 spiro atoms. The number of nitrogens with zero attached hydrogens (tertiary/aromatic N) is 1. The van der Waals surface area contributed by atoms with E-state index in [9.17, 15) is 0 Å². The highest BCUT2D eigenvalue weighted by Gasteiger charge is 2.36. The fraction of sp³-hybridized carbons (Fsp3) is 0.0526. The van der Waals surface area contributed by atoms with Crippen molar-refractivity contribution in [1.82, 2.24) is 0 Å². The Hall–Kier alpha value is -7.22. The summed E-state index contributed by atoms with van der Waals surface area (Å²) in [7, 11) is 0. The number of hydrogen-bond donors (Lipinski definition) is 0. The summed E-state index contributed by atoms with van der Waals surface area (Å²) >= 11 is 0. The zero-order valence-corrected chi connectivity index (χ0v) is 32.7. The lowest BCUT2D eigenvalue weighted by Crippen LogP contribution is -2.17. The first-order valence-corrected chi connectivity index (χ1v) is 20.3. The van der Waals surface area contributed by atoms with Crippen LogP contribution in [0.15, 0.2) is 212 Å². The SMILES string of the molecule is CC1(C)c2ccccc2-c2ccc(N(c3ccc(-c4ccc5ccccc5c4)cc3)c3cc(-c4cccc5ccccc45)ccc3-c3cccc4ccccc34)cc21. The molecule has 1 heteroatoms. The van der Waals surface area contributed by atoms with E-state index < -0.39 is 0 Å². The maximum atomic E-state index is 2.50. The highest BCUT2D eigenvalue weighted by Crippen LogP contribution is 2.52. The molecule has 0 saturated carbocycles. The first-order chi connectivity index (χ1) is 28.5. The summed E-state index contributed by atoms with van der Waals surface area (Å²) in [6, 6.07) is 78.4. The van der Waals surface area contributed by atoms with Gasteiger partial charge in [0.1, 0.15) is 0 Å². The molecule has 0 aromatic heterocycles. The molecule has 0 heterocycles. The van der Waals surface area contributed by atoms with Crippen LogP contribution in [0.1, 0.15) is 25.0 Å². The van der Waals surface area contributed by atoms with Gasteiger partial charge in [-0.25, -0.2) is 0 Å². The predicted molar refractivity (Wildman–Crippen MR) is 248 cm³/mol. The fourth-order valence-electron chi connectivity index (χ4n) is 9.48. The fourth-order valence-corrected chi connectivity index (χ4v) is 9.48. The van der Waals surface area contributed by atoms with Gasteiger partial charge in [-0.2, -0.15) is 0 Å². The van der Waals surface area contributed by atoms with E-state index >= 15 is 0 Å². The number of benzene rings is 10. The van der Waals surface area contributed by atoms with Crippen LogP contribution in [-0.4, -0.2) is 0 Å². The summed E-state index contributed by atoms with van der Waals surface area (Å²) in [5.74, 6) is 0. The van der Waals surface area contributed by atoms with E-state index in [0.29, 0.717) is 0 Å². The molecule has 274 valence electrons. The highest BCUT2D eigenvalue weighted by molar-refractivity contribution is 6.04. The van der Waals surface area contributed by atoms with Crippen molar-refractivity contribution in [2.75, 3.05) is 4.90 Å². The quantitative estimate of drug-likeness (QED) is 0.164. The van der Waals surface area contributed by atoms with Gasteiger partial charge in [0.05, 0.1) is 5.69 Å². The summed E-state index contributed by atoms with van der Waals surface area (Å²) in [6.45, 7) is 4.74. The van der Waals surface area contributed by atoms with Crippen molar-refractivity contribution in [3.05, 3.63) is 223 Å². The maximum absolute atomic E-state index is 2.50. The van der Waals surface area contributed by atoms with E-state index in [1.54, 1.807) is 0 Å². The van der Waals surface area contributed by atoms with E-state index in [2.05, 4.69) is 231 Å². The Morgan fingerprint density at radius 3 is 1.62 bits per heavy atom. The Balaban J connectivity index is 1.16. The summed E-state index contributed by atoms with van der Waals surface area (Å²) in [5.41, 5.74) is 15.8. The van der Waals surface area contributed by atoms with Crippen LogP contribution in [0.2, 0.25) is 0 Å². The minimum Gasteiger partial charge on any atom is -0.310 e. The number of fused-ring (bicyclic) bond motifs is 6. The zero-order valence-electron chi connectivity index (χ0n) is 32.7. The second kappa shape index (κ2) is 13.5. The molecule has 0 atom stereocenters. The number of hydrogen-bond acceptors (Lipinski definition) is 1. The molecule has 1 aliphatic rings. The summed E-state index contributed by atoms with van der Waals surface area (Å²) < 4.78 is 0. The summed E-state index contributed by atoms with van der Waals surface area (Å²) in [4.78, 5) is 2.50. The molecule has 1 nitrogen and oxygen atoms in total. The van der Waals surface area contributed by atoms with Crippen LogP contribution in [0.3, 0.4) is 0 Å². The minimum atomic E-state index is -0.142. The molecule has 1 aliphatic carbocycles. The van der Waals surface area contributed by atoms with Crippen LogP contribution in [0, 0.1) is 0 Å². The maximum Gasteiger partial charge on any atom is 0.0546 e. The summed E-state index contributed by atoms with van der Waals surface area (Å²) in [6.07, 6.45) is 0. The van der Waals surface area contributed by atoms with Crippen molar-refractivity contribution < 1.29 is 0 Å². The van der Waals surface area contributed by atoms with Gasteiger partial charge in [0.25, 0.3) is 0 Å². The molecule has 0 saturated heterocycles. The normalized spacial score (nSPS) is 12.8. The van der Waals surface area contributed by atoms with Gasteiger partial charge in [0.2, 0.25) is 0 Å². The molecule has 0 amide bonds. The molecule has 0 radical (unpaired) electrons. The molecule has 0 N–H and O–H groups in total. The Morgan fingerprint density at radius 1 is 0.310 bits per heavy atom. The van der Waals surface area contributed by atoms with Gasteiger partial charge in [0, 0.05) is 22.4 Å². The molecular formula is C57H41N. The first kappa shape index (κ1) is 34.1. The Labute approximate surface area is 340 Å². The van der Waals surface area contributed by atoms with E-state index in [4.69, 9.17) is 0 Å². The van der Waals surface area contributed by atoms with Crippen molar-refractivity contribution in [3.8, 4) is 44.5 Å². The van der Waals surface area contributed by atoms with Crippen LogP contribution < -0.4 is 4.90 Å². The van der Waals surface area contributed by atoms with Crippen molar-refractivity contribution >= 4 is 49.4 Å². The molecule has 0 bridgehead atoms. The smallest absolute Gasteiger partial charge is 0.0546 e. The molecule has 11 rings (SSSR count).